The van der Waals surface area contributed by atoms with Crippen LogP contribution in [0.4, 0.5) is 16.2 Å². The summed E-state index contributed by atoms with van der Waals surface area (Å²) < 4.78 is 5.29. The molecule has 1 aliphatic heterocycles. The number of nitrogens with one attached hydrogen (secondary N) is 1. The minimum Gasteiger partial charge on any atom is -0.497 e. The van der Waals surface area contributed by atoms with Gasteiger partial charge in [-0.1, -0.05) is 42.5 Å². The maximum Gasteiger partial charge on any atom is 0.324 e. The van der Waals surface area contributed by atoms with Crippen molar-refractivity contribution in [1.29, 1.82) is 0 Å². The first-order valence-corrected chi connectivity index (χ1v) is 10.8. The van der Waals surface area contributed by atoms with Gasteiger partial charge in [0.2, 0.25) is 5.91 Å². The zero-order valence-corrected chi connectivity index (χ0v) is 18.2. The molecule has 0 radical (unpaired) electrons. The zero-order chi connectivity index (χ0) is 22.3. The fourth-order valence-electron chi connectivity index (χ4n) is 3.87. The molecule has 3 amide bonds. The number of benzene rings is 3. The lowest BCUT2D eigenvalue weighted by atomic mass is 10.1. The van der Waals surface area contributed by atoms with Crippen LogP contribution in [0.3, 0.4) is 0 Å². The number of rotatable bonds is 7. The Hall–Kier alpha value is -3.80. The summed E-state index contributed by atoms with van der Waals surface area (Å²) in [5.74, 6) is 0.719. The van der Waals surface area contributed by atoms with E-state index in [-0.39, 0.29) is 11.9 Å². The molecule has 1 saturated heterocycles. The molecule has 6 heteroatoms. The van der Waals surface area contributed by atoms with E-state index in [1.165, 1.54) is 0 Å². The number of carbonyl (C=O) groups is 2. The highest BCUT2D eigenvalue weighted by Gasteiger charge is 2.26. The molecule has 0 aromatic heterocycles. The van der Waals surface area contributed by atoms with E-state index in [0.29, 0.717) is 25.2 Å². The van der Waals surface area contributed by atoms with Crippen molar-refractivity contribution >= 4 is 23.3 Å². The molecule has 3 aromatic carbocycles. The molecule has 3 aromatic rings. The van der Waals surface area contributed by atoms with E-state index < -0.39 is 0 Å². The number of methoxy groups -OCH3 is 1. The van der Waals surface area contributed by atoms with Crippen molar-refractivity contribution in [3.63, 3.8) is 0 Å². The van der Waals surface area contributed by atoms with E-state index in [1.807, 2.05) is 83.8 Å². The van der Waals surface area contributed by atoms with Gasteiger partial charge >= 0.3 is 6.03 Å². The van der Waals surface area contributed by atoms with E-state index in [9.17, 15) is 9.59 Å². The van der Waals surface area contributed by atoms with Gasteiger partial charge in [-0.15, -0.1) is 0 Å². The van der Waals surface area contributed by atoms with Crippen LogP contribution >= 0.6 is 0 Å². The van der Waals surface area contributed by atoms with Crippen LogP contribution in [0.25, 0.3) is 0 Å². The SMILES string of the molecule is COc1cccc(CN2CCCN(c3ccc(NC(=O)Cc4ccccc4)cc3)C2=O)c1. The van der Waals surface area contributed by atoms with Crippen molar-refractivity contribution in [2.24, 2.45) is 0 Å². The number of ether oxygens (including phenoxy) is 1. The predicted octanol–water partition coefficient (Wildman–Crippen LogP) is 4.71. The maximum atomic E-state index is 13.1. The van der Waals surface area contributed by atoms with Crippen LogP contribution in [-0.4, -0.2) is 37.0 Å². The van der Waals surface area contributed by atoms with Crippen molar-refractivity contribution in [3.05, 3.63) is 90.0 Å². The van der Waals surface area contributed by atoms with Gasteiger partial charge in [-0.3, -0.25) is 9.69 Å². The Morgan fingerprint density at radius 3 is 2.44 bits per heavy atom. The zero-order valence-electron chi connectivity index (χ0n) is 18.2. The van der Waals surface area contributed by atoms with Crippen LogP contribution < -0.4 is 15.0 Å². The fraction of sp³-hybridized carbons (Fsp3) is 0.231. The molecule has 1 fully saturated rings. The highest BCUT2D eigenvalue weighted by Crippen LogP contribution is 2.24. The van der Waals surface area contributed by atoms with Crippen LogP contribution in [0.5, 0.6) is 5.75 Å². The van der Waals surface area contributed by atoms with Gasteiger partial charge in [0, 0.05) is 31.0 Å². The van der Waals surface area contributed by atoms with E-state index in [4.69, 9.17) is 4.74 Å². The van der Waals surface area contributed by atoms with Gasteiger partial charge < -0.3 is 15.0 Å². The summed E-state index contributed by atoms with van der Waals surface area (Å²) in [6.07, 6.45) is 1.22. The first-order valence-electron chi connectivity index (χ1n) is 10.8. The van der Waals surface area contributed by atoms with Crippen molar-refractivity contribution in [2.75, 3.05) is 30.4 Å². The largest absolute Gasteiger partial charge is 0.497 e. The third kappa shape index (κ3) is 5.27. The van der Waals surface area contributed by atoms with Gasteiger partial charge in [0.25, 0.3) is 0 Å². The molecule has 1 aliphatic rings. The van der Waals surface area contributed by atoms with E-state index in [2.05, 4.69) is 5.32 Å². The Morgan fingerprint density at radius 1 is 0.938 bits per heavy atom. The standard InChI is InChI=1S/C26H27N3O3/c1-32-24-10-5-9-21(17-24)19-28-15-6-16-29(26(28)31)23-13-11-22(12-14-23)27-25(30)18-20-7-3-2-4-8-20/h2-5,7-14,17H,6,15-16,18-19H2,1H3,(H,27,30). The average molecular weight is 430 g/mol. The quantitative estimate of drug-likeness (QED) is 0.592. The molecule has 4 rings (SSSR count). The molecule has 1 N–H and O–H groups in total. The second-order valence-electron chi connectivity index (χ2n) is 7.82. The number of urea groups is 1. The van der Waals surface area contributed by atoms with Crippen molar-refractivity contribution in [3.8, 4) is 5.75 Å². The Balaban J connectivity index is 1.38. The number of hydrogen-bond acceptors (Lipinski definition) is 3. The Labute approximate surface area is 188 Å². The highest BCUT2D eigenvalue weighted by molar-refractivity contribution is 5.94. The van der Waals surface area contributed by atoms with E-state index >= 15 is 0 Å². The normalized spacial score (nSPS) is 13.7. The fourth-order valence-corrected chi connectivity index (χ4v) is 3.87. The van der Waals surface area contributed by atoms with Crippen molar-refractivity contribution in [2.45, 2.75) is 19.4 Å². The molecule has 0 unspecified atom stereocenters. The van der Waals surface area contributed by atoms with Gasteiger partial charge in [-0.25, -0.2) is 4.79 Å². The van der Waals surface area contributed by atoms with E-state index in [1.54, 1.807) is 12.0 Å². The lowest BCUT2D eigenvalue weighted by Crippen LogP contribution is -2.49. The van der Waals surface area contributed by atoms with Crippen LogP contribution in [0.1, 0.15) is 17.5 Å². The van der Waals surface area contributed by atoms with Gasteiger partial charge in [0.05, 0.1) is 13.5 Å². The Bertz CT molecular complexity index is 1070. The molecular formula is C26H27N3O3. The molecule has 6 nitrogen and oxygen atoms in total. The number of anilines is 2. The first-order chi connectivity index (χ1) is 15.6. The second-order valence-corrected chi connectivity index (χ2v) is 7.82. The minimum absolute atomic E-state index is 0.0140. The maximum absolute atomic E-state index is 13.1. The third-order valence-electron chi connectivity index (χ3n) is 5.49. The summed E-state index contributed by atoms with van der Waals surface area (Å²) in [4.78, 5) is 29.0. The second kappa shape index (κ2) is 10.0. The third-order valence-corrected chi connectivity index (χ3v) is 5.49. The number of nitrogens with zero attached hydrogens (tertiary/aromatic N) is 2. The number of carbonyl (C=O) groups excluding carboxylic acids is 2. The van der Waals surface area contributed by atoms with Crippen molar-refractivity contribution < 1.29 is 14.3 Å². The van der Waals surface area contributed by atoms with E-state index in [0.717, 1.165) is 35.5 Å². The van der Waals surface area contributed by atoms with Gasteiger partial charge in [-0.05, 0) is 53.9 Å². The monoisotopic (exact) mass is 429 g/mol. The average Bonchev–Trinajstić information content (AvgIpc) is 2.82. The molecule has 164 valence electrons. The number of amides is 3. The summed E-state index contributed by atoms with van der Waals surface area (Å²) in [6.45, 7) is 1.94. The molecule has 32 heavy (non-hydrogen) atoms. The summed E-state index contributed by atoms with van der Waals surface area (Å²) >= 11 is 0. The van der Waals surface area contributed by atoms with Crippen molar-refractivity contribution in [1.82, 2.24) is 4.90 Å². The minimum atomic E-state index is -0.0672. The molecule has 0 saturated carbocycles. The summed E-state index contributed by atoms with van der Waals surface area (Å²) in [5.41, 5.74) is 3.55. The van der Waals surface area contributed by atoms with Gasteiger partial charge in [0.15, 0.2) is 0 Å². The van der Waals surface area contributed by atoms with Crippen LogP contribution in [0.15, 0.2) is 78.9 Å². The predicted molar refractivity (Wildman–Crippen MR) is 126 cm³/mol. The Kier molecular flexibility index (Phi) is 6.70. The summed E-state index contributed by atoms with van der Waals surface area (Å²) in [6, 6.07) is 24.9. The van der Waals surface area contributed by atoms with Crippen LogP contribution in [-0.2, 0) is 17.8 Å². The highest BCUT2D eigenvalue weighted by atomic mass is 16.5. The molecule has 1 heterocycles. The Morgan fingerprint density at radius 2 is 1.69 bits per heavy atom. The van der Waals surface area contributed by atoms with Gasteiger partial charge in [-0.2, -0.15) is 0 Å². The summed E-state index contributed by atoms with van der Waals surface area (Å²) in [7, 11) is 1.64. The topological polar surface area (TPSA) is 61.9 Å². The van der Waals surface area contributed by atoms with Crippen LogP contribution in [0.2, 0.25) is 0 Å². The first kappa shape index (κ1) is 21.4. The molecular weight excluding hydrogens is 402 g/mol. The van der Waals surface area contributed by atoms with Crippen LogP contribution in [0, 0.1) is 0 Å². The molecule has 0 atom stereocenters. The number of hydrogen-bond donors (Lipinski definition) is 1. The molecule has 0 aliphatic carbocycles. The van der Waals surface area contributed by atoms with Gasteiger partial charge in [0.1, 0.15) is 5.75 Å². The molecule has 0 spiro atoms. The lowest BCUT2D eigenvalue weighted by molar-refractivity contribution is -0.115. The smallest absolute Gasteiger partial charge is 0.324 e. The lowest BCUT2D eigenvalue weighted by Gasteiger charge is -2.35. The molecule has 0 bridgehead atoms. The summed E-state index contributed by atoms with van der Waals surface area (Å²) in [5, 5.41) is 2.92.